The Bertz CT molecular complexity index is 657. The van der Waals surface area contributed by atoms with Crippen LogP contribution in [0.3, 0.4) is 0 Å². The van der Waals surface area contributed by atoms with Gasteiger partial charge >= 0.3 is 0 Å². The average molecular weight is 269 g/mol. The first-order valence-electron chi connectivity index (χ1n) is 6.34. The molecular weight excluding hydrogens is 254 g/mol. The first-order chi connectivity index (χ1) is 9.63. The number of hydrogen-bond acceptors (Lipinski definition) is 4. The number of nitrogens with one attached hydrogen (secondary N) is 2. The van der Waals surface area contributed by atoms with Gasteiger partial charge in [0, 0.05) is 6.07 Å². The van der Waals surface area contributed by atoms with Crippen molar-refractivity contribution in [3.8, 4) is 5.88 Å². The van der Waals surface area contributed by atoms with Crippen LogP contribution in [0.2, 0.25) is 0 Å². The number of rotatable bonds is 2. The van der Waals surface area contributed by atoms with E-state index in [1.165, 1.54) is 0 Å². The summed E-state index contributed by atoms with van der Waals surface area (Å²) in [5.74, 6) is 1.00. The molecule has 102 valence electrons. The summed E-state index contributed by atoms with van der Waals surface area (Å²) in [6.07, 6.45) is 0. The zero-order valence-electron chi connectivity index (χ0n) is 11.3. The van der Waals surface area contributed by atoms with Crippen LogP contribution >= 0.6 is 0 Å². The summed E-state index contributed by atoms with van der Waals surface area (Å²) in [5, 5.41) is 6.09. The molecule has 0 saturated carbocycles. The molecule has 20 heavy (non-hydrogen) atoms. The van der Waals surface area contributed by atoms with Crippen LogP contribution in [-0.4, -0.2) is 18.0 Å². The van der Waals surface area contributed by atoms with Gasteiger partial charge in [-0.05, 0) is 18.6 Å². The van der Waals surface area contributed by atoms with Crippen molar-refractivity contribution >= 4 is 17.4 Å². The van der Waals surface area contributed by atoms with E-state index < -0.39 is 5.54 Å². The molecule has 0 bridgehead atoms. The molecule has 5 nitrogen and oxygen atoms in total. The van der Waals surface area contributed by atoms with Gasteiger partial charge in [-0.15, -0.1) is 0 Å². The minimum absolute atomic E-state index is 0.108. The number of aromatic nitrogens is 1. The Morgan fingerprint density at radius 3 is 2.60 bits per heavy atom. The van der Waals surface area contributed by atoms with Gasteiger partial charge in [-0.3, -0.25) is 4.79 Å². The summed E-state index contributed by atoms with van der Waals surface area (Å²) in [7, 11) is 1.56. The second kappa shape index (κ2) is 4.52. The van der Waals surface area contributed by atoms with Gasteiger partial charge < -0.3 is 15.4 Å². The lowest BCUT2D eigenvalue weighted by molar-refractivity contribution is -0.120. The fourth-order valence-electron chi connectivity index (χ4n) is 2.27. The zero-order valence-corrected chi connectivity index (χ0v) is 11.3. The average Bonchev–Trinajstić information content (AvgIpc) is 2.49. The first kappa shape index (κ1) is 12.5. The van der Waals surface area contributed by atoms with Crippen molar-refractivity contribution in [3.05, 3.63) is 48.0 Å². The van der Waals surface area contributed by atoms with Gasteiger partial charge in [0.05, 0.1) is 12.8 Å². The van der Waals surface area contributed by atoms with Gasteiger partial charge in [-0.25, -0.2) is 0 Å². The lowest BCUT2D eigenvalue weighted by Crippen LogP contribution is -2.47. The minimum Gasteiger partial charge on any atom is -0.481 e. The quantitative estimate of drug-likeness (QED) is 0.878. The van der Waals surface area contributed by atoms with Gasteiger partial charge in [0.25, 0.3) is 5.91 Å². The summed E-state index contributed by atoms with van der Waals surface area (Å²) >= 11 is 0. The number of methoxy groups -OCH3 is 1. The van der Waals surface area contributed by atoms with Gasteiger partial charge in [0.1, 0.15) is 5.54 Å². The van der Waals surface area contributed by atoms with E-state index in [1.807, 2.05) is 37.3 Å². The number of ether oxygens (including phenoxy) is 1. The molecule has 0 radical (unpaired) electrons. The van der Waals surface area contributed by atoms with Crippen LogP contribution in [-0.2, 0) is 10.3 Å². The number of nitrogens with zero attached hydrogens (tertiary/aromatic N) is 1. The molecule has 2 aromatic rings. The van der Waals surface area contributed by atoms with Crippen LogP contribution in [0, 0.1) is 0 Å². The molecule has 2 N–H and O–H groups in total. The maximum Gasteiger partial charge on any atom is 0.254 e. The number of carbonyl (C=O) groups excluding carboxylic acids is 1. The van der Waals surface area contributed by atoms with Crippen molar-refractivity contribution in [2.45, 2.75) is 12.5 Å². The number of pyridine rings is 1. The highest BCUT2D eigenvalue weighted by molar-refractivity contribution is 6.05. The number of amides is 1. The van der Waals surface area contributed by atoms with Gasteiger partial charge in [-0.2, -0.15) is 4.98 Å². The number of carbonyl (C=O) groups is 1. The highest BCUT2D eigenvalue weighted by Crippen LogP contribution is 2.35. The fourth-order valence-corrected chi connectivity index (χ4v) is 2.27. The molecule has 1 aromatic heterocycles. The monoisotopic (exact) mass is 269 g/mol. The molecule has 0 aliphatic carbocycles. The van der Waals surface area contributed by atoms with Gasteiger partial charge in [0.15, 0.2) is 5.82 Å². The fraction of sp³-hybridized carbons (Fsp3) is 0.200. The third-order valence-corrected chi connectivity index (χ3v) is 3.50. The highest BCUT2D eigenvalue weighted by atomic mass is 16.5. The predicted octanol–water partition coefficient (Wildman–Crippen LogP) is 2.37. The molecule has 0 fully saturated rings. The van der Waals surface area contributed by atoms with Crippen LogP contribution in [0.1, 0.15) is 12.5 Å². The van der Waals surface area contributed by atoms with E-state index in [-0.39, 0.29) is 5.91 Å². The summed E-state index contributed by atoms with van der Waals surface area (Å²) in [6.45, 7) is 1.84. The van der Waals surface area contributed by atoms with Crippen molar-refractivity contribution in [1.29, 1.82) is 0 Å². The van der Waals surface area contributed by atoms with Crippen molar-refractivity contribution in [2.75, 3.05) is 17.7 Å². The molecule has 1 unspecified atom stereocenters. The molecule has 1 atom stereocenters. The molecule has 1 amide bonds. The number of hydrogen-bond donors (Lipinski definition) is 2. The van der Waals surface area contributed by atoms with Crippen molar-refractivity contribution in [3.63, 3.8) is 0 Å². The maximum atomic E-state index is 12.4. The predicted molar refractivity (Wildman–Crippen MR) is 76.8 cm³/mol. The summed E-state index contributed by atoms with van der Waals surface area (Å²) in [5.41, 5.74) is 0.685. The molecule has 1 aromatic carbocycles. The van der Waals surface area contributed by atoms with Crippen LogP contribution in [0.25, 0.3) is 0 Å². The lowest BCUT2D eigenvalue weighted by atomic mass is 9.89. The molecule has 0 saturated heterocycles. The summed E-state index contributed by atoms with van der Waals surface area (Å²) < 4.78 is 5.12. The van der Waals surface area contributed by atoms with Crippen molar-refractivity contribution in [1.82, 2.24) is 4.98 Å². The van der Waals surface area contributed by atoms with Gasteiger partial charge in [0.2, 0.25) is 5.88 Å². The Balaban J connectivity index is 2.05. The van der Waals surface area contributed by atoms with E-state index in [0.717, 1.165) is 5.56 Å². The van der Waals surface area contributed by atoms with E-state index >= 15 is 0 Å². The van der Waals surface area contributed by atoms with E-state index in [4.69, 9.17) is 4.74 Å². The molecule has 0 spiro atoms. The third-order valence-electron chi connectivity index (χ3n) is 3.50. The maximum absolute atomic E-state index is 12.4. The Kier molecular flexibility index (Phi) is 2.82. The minimum atomic E-state index is -0.854. The molecule has 1 aliphatic rings. The second-order valence-electron chi connectivity index (χ2n) is 4.82. The Hall–Kier alpha value is -2.56. The molecule has 2 heterocycles. The smallest absolute Gasteiger partial charge is 0.254 e. The van der Waals surface area contributed by atoms with Crippen LogP contribution in [0.5, 0.6) is 5.88 Å². The number of benzene rings is 1. The summed E-state index contributed by atoms with van der Waals surface area (Å²) in [6, 6.07) is 13.1. The Labute approximate surface area is 117 Å². The molecule has 3 rings (SSSR count). The zero-order chi connectivity index (χ0) is 14.2. The molecular formula is C15H15N3O2. The normalized spacial score (nSPS) is 20.6. The first-order valence-corrected chi connectivity index (χ1v) is 6.34. The number of fused-ring (bicyclic) bond motifs is 1. The van der Waals surface area contributed by atoms with Crippen LogP contribution in [0.4, 0.5) is 11.5 Å². The standard InChI is InChI=1S/C15H15N3O2/c1-15(10-6-4-3-5-7-10)14(19)16-11-8-9-12(20-2)17-13(11)18-15/h3-9H,1-2H3,(H,16,19)(H,17,18). The second-order valence-corrected chi connectivity index (χ2v) is 4.82. The summed E-state index contributed by atoms with van der Waals surface area (Å²) in [4.78, 5) is 16.7. The third kappa shape index (κ3) is 1.87. The SMILES string of the molecule is COc1ccc2c(n1)NC(C)(c1ccccc1)C(=O)N2. The van der Waals surface area contributed by atoms with E-state index in [2.05, 4.69) is 15.6 Å². The topological polar surface area (TPSA) is 63.2 Å². The number of anilines is 2. The Morgan fingerprint density at radius 2 is 1.90 bits per heavy atom. The Morgan fingerprint density at radius 1 is 1.15 bits per heavy atom. The van der Waals surface area contributed by atoms with E-state index in [9.17, 15) is 4.79 Å². The van der Waals surface area contributed by atoms with Gasteiger partial charge in [-0.1, -0.05) is 30.3 Å². The molecule has 5 heteroatoms. The van der Waals surface area contributed by atoms with Crippen molar-refractivity contribution in [2.24, 2.45) is 0 Å². The van der Waals surface area contributed by atoms with E-state index in [0.29, 0.717) is 17.4 Å². The van der Waals surface area contributed by atoms with Crippen LogP contribution in [0.15, 0.2) is 42.5 Å². The van der Waals surface area contributed by atoms with Crippen LogP contribution < -0.4 is 15.4 Å². The van der Waals surface area contributed by atoms with E-state index in [1.54, 1.807) is 19.2 Å². The highest BCUT2D eigenvalue weighted by Gasteiger charge is 2.39. The van der Waals surface area contributed by atoms with Crippen molar-refractivity contribution < 1.29 is 9.53 Å². The largest absolute Gasteiger partial charge is 0.481 e. The lowest BCUT2D eigenvalue weighted by Gasteiger charge is -2.35. The molecule has 1 aliphatic heterocycles.